The summed E-state index contributed by atoms with van der Waals surface area (Å²) in [5.41, 5.74) is 1.38. The third-order valence-electron chi connectivity index (χ3n) is 3.61. The SMILES string of the molecule is O=C(CCc1ncc(-c2ccccc2F)o1)Nc1cnccc1CO. The predicted octanol–water partition coefficient (Wildman–Crippen LogP) is 2.94. The molecule has 0 unspecified atom stereocenters. The van der Waals surface area contributed by atoms with Crippen molar-refractivity contribution >= 4 is 11.6 Å². The van der Waals surface area contributed by atoms with Crippen LogP contribution in [0.25, 0.3) is 11.3 Å². The first-order valence-electron chi connectivity index (χ1n) is 7.70. The number of halogens is 1. The van der Waals surface area contributed by atoms with E-state index in [2.05, 4.69) is 15.3 Å². The van der Waals surface area contributed by atoms with Gasteiger partial charge in [-0.15, -0.1) is 0 Å². The van der Waals surface area contributed by atoms with Gasteiger partial charge in [0.05, 0.1) is 30.3 Å². The maximum Gasteiger partial charge on any atom is 0.224 e. The topological polar surface area (TPSA) is 88.3 Å². The van der Waals surface area contributed by atoms with E-state index < -0.39 is 5.82 Å². The highest BCUT2D eigenvalue weighted by Gasteiger charge is 2.12. The molecule has 0 spiro atoms. The van der Waals surface area contributed by atoms with Crippen molar-refractivity contribution in [3.05, 3.63) is 66.2 Å². The minimum atomic E-state index is -0.393. The van der Waals surface area contributed by atoms with Crippen LogP contribution in [0.15, 0.2) is 53.3 Å². The molecular weight excluding hydrogens is 325 g/mol. The molecule has 0 saturated heterocycles. The standard InChI is InChI=1S/C18H16FN3O3/c19-14-4-2-1-3-13(14)16-10-21-18(25-16)6-5-17(24)22-15-9-20-8-7-12(15)11-23/h1-4,7-10,23H,5-6,11H2,(H,22,24). The Morgan fingerprint density at radius 1 is 1.24 bits per heavy atom. The highest BCUT2D eigenvalue weighted by atomic mass is 19.1. The van der Waals surface area contributed by atoms with E-state index in [1.165, 1.54) is 24.7 Å². The van der Waals surface area contributed by atoms with Gasteiger partial charge in [0, 0.05) is 24.6 Å². The summed E-state index contributed by atoms with van der Waals surface area (Å²) in [6.45, 7) is -0.191. The fourth-order valence-electron chi connectivity index (χ4n) is 2.32. The number of anilines is 1. The average molecular weight is 341 g/mol. The number of nitrogens with one attached hydrogen (secondary N) is 1. The number of aryl methyl sites for hydroxylation is 1. The Morgan fingerprint density at radius 2 is 2.08 bits per heavy atom. The second kappa shape index (κ2) is 7.67. The third kappa shape index (κ3) is 4.07. The van der Waals surface area contributed by atoms with E-state index in [0.717, 1.165) is 0 Å². The molecule has 0 aliphatic rings. The summed E-state index contributed by atoms with van der Waals surface area (Å²) in [5.74, 6) is 0.0229. The number of pyridine rings is 1. The summed E-state index contributed by atoms with van der Waals surface area (Å²) in [6, 6.07) is 7.88. The molecule has 6 nitrogen and oxygen atoms in total. The van der Waals surface area contributed by atoms with Crippen LogP contribution in [-0.4, -0.2) is 21.0 Å². The van der Waals surface area contributed by atoms with Gasteiger partial charge in [-0.05, 0) is 18.2 Å². The van der Waals surface area contributed by atoms with Crippen LogP contribution in [-0.2, 0) is 17.8 Å². The van der Waals surface area contributed by atoms with Gasteiger partial charge in [0.25, 0.3) is 0 Å². The largest absolute Gasteiger partial charge is 0.441 e. The molecule has 25 heavy (non-hydrogen) atoms. The first kappa shape index (κ1) is 16.8. The van der Waals surface area contributed by atoms with E-state index in [-0.39, 0.29) is 25.4 Å². The molecule has 0 fully saturated rings. The molecule has 1 amide bonds. The first-order valence-corrected chi connectivity index (χ1v) is 7.70. The summed E-state index contributed by atoms with van der Waals surface area (Å²) in [7, 11) is 0. The molecule has 128 valence electrons. The van der Waals surface area contributed by atoms with Crippen molar-refractivity contribution in [2.24, 2.45) is 0 Å². The summed E-state index contributed by atoms with van der Waals surface area (Å²) in [4.78, 5) is 20.0. The Labute approximate surface area is 143 Å². The number of carbonyl (C=O) groups is 1. The van der Waals surface area contributed by atoms with Crippen molar-refractivity contribution in [3.8, 4) is 11.3 Å². The third-order valence-corrected chi connectivity index (χ3v) is 3.61. The highest BCUT2D eigenvalue weighted by molar-refractivity contribution is 5.91. The zero-order valence-electron chi connectivity index (χ0n) is 13.3. The van der Waals surface area contributed by atoms with Crippen LogP contribution < -0.4 is 5.32 Å². The number of hydrogen-bond acceptors (Lipinski definition) is 5. The van der Waals surface area contributed by atoms with Crippen molar-refractivity contribution < 1.29 is 18.7 Å². The minimum Gasteiger partial charge on any atom is -0.441 e. The molecule has 0 bridgehead atoms. The van der Waals surface area contributed by atoms with Crippen molar-refractivity contribution in [2.75, 3.05) is 5.32 Å². The summed E-state index contributed by atoms with van der Waals surface area (Å²) in [5, 5.41) is 11.9. The molecule has 0 aliphatic heterocycles. The Bertz CT molecular complexity index is 879. The molecule has 2 heterocycles. The first-order chi connectivity index (χ1) is 12.2. The molecule has 0 radical (unpaired) electrons. The number of nitrogens with zero attached hydrogens (tertiary/aromatic N) is 2. The number of aliphatic hydroxyl groups excluding tert-OH is 1. The molecule has 1 aromatic carbocycles. The lowest BCUT2D eigenvalue weighted by Gasteiger charge is -2.07. The van der Waals surface area contributed by atoms with Crippen molar-refractivity contribution in [1.29, 1.82) is 0 Å². The van der Waals surface area contributed by atoms with Gasteiger partial charge >= 0.3 is 0 Å². The maximum absolute atomic E-state index is 13.7. The van der Waals surface area contributed by atoms with Crippen LogP contribution in [0.4, 0.5) is 10.1 Å². The molecule has 0 atom stereocenters. The zero-order valence-corrected chi connectivity index (χ0v) is 13.3. The van der Waals surface area contributed by atoms with Gasteiger partial charge in [-0.2, -0.15) is 0 Å². The number of rotatable bonds is 6. The van der Waals surface area contributed by atoms with Gasteiger partial charge in [-0.3, -0.25) is 9.78 Å². The lowest BCUT2D eigenvalue weighted by atomic mass is 10.2. The lowest BCUT2D eigenvalue weighted by molar-refractivity contribution is -0.116. The summed E-state index contributed by atoms with van der Waals surface area (Å²) in [6.07, 6.45) is 4.87. The maximum atomic E-state index is 13.7. The number of oxazole rings is 1. The van der Waals surface area contributed by atoms with E-state index in [1.54, 1.807) is 24.3 Å². The number of aromatic nitrogens is 2. The molecule has 0 aliphatic carbocycles. The van der Waals surface area contributed by atoms with E-state index in [1.807, 2.05) is 0 Å². The Hall–Kier alpha value is -3.06. The number of hydrogen-bond donors (Lipinski definition) is 2. The molecule has 2 aromatic heterocycles. The Morgan fingerprint density at radius 3 is 2.88 bits per heavy atom. The van der Waals surface area contributed by atoms with Gasteiger partial charge in [-0.1, -0.05) is 12.1 Å². The van der Waals surface area contributed by atoms with Crippen molar-refractivity contribution in [1.82, 2.24) is 9.97 Å². The lowest BCUT2D eigenvalue weighted by Crippen LogP contribution is -2.14. The van der Waals surface area contributed by atoms with E-state index in [0.29, 0.717) is 28.5 Å². The normalized spacial score (nSPS) is 10.6. The number of amides is 1. The average Bonchev–Trinajstić information content (AvgIpc) is 3.09. The van der Waals surface area contributed by atoms with Gasteiger partial charge in [0.1, 0.15) is 5.82 Å². The minimum absolute atomic E-state index is 0.136. The van der Waals surface area contributed by atoms with E-state index >= 15 is 0 Å². The number of benzene rings is 1. The van der Waals surface area contributed by atoms with Crippen LogP contribution in [0.3, 0.4) is 0 Å². The summed E-state index contributed by atoms with van der Waals surface area (Å²) < 4.78 is 19.2. The molecule has 7 heteroatoms. The summed E-state index contributed by atoms with van der Waals surface area (Å²) >= 11 is 0. The second-order valence-electron chi connectivity index (χ2n) is 5.34. The molecule has 2 N–H and O–H groups in total. The van der Waals surface area contributed by atoms with Crippen LogP contribution in [0.5, 0.6) is 0 Å². The molecular formula is C18H16FN3O3. The van der Waals surface area contributed by atoms with Crippen LogP contribution >= 0.6 is 0 Å². The van der Waals surface area contributed by atoms with E-state index in [9.17, 15) is 14.3 Å². The van der Waals surface area contributed by atoms with Crippen molar-refractivity contribution in [3.63, 3.8) is 0 Å². The smallest absolute Gasteiger partial charge is 0.224 e. The van der Waals surface area contributed by atoms with Gasteiger partial charge in [0.2, 0.25) is 5.91 Å². The van der Waals surface area contributed by atoms with Crippen LogP contribution in [0.2, 0.25) is 0 Å². The Kier molecular flexibility index (Phi) is 5.15. The second-order valence-corrected chi connectivity index (χ2v) is 5.34. The van der Waals surface area contributed by atoms with Gasteiger partial charge in [0.15, 0.2) is 11.7 Å². The monoisotopic (exact) mass is 341 g/mol. The molecule has 3 rings (SSSR count). The molecule has 3 aromatic rings. The quantitative estimate of drug-likeness (QED) is 0.720. The van der Waals surface area contributed by atoms with Gasteiger partial charge < -0.3 is 14.8 Å². The van der Waals surface area contributed by atoms with Gasteiger partial charge in [-0.25, -0.2) is 9.37 Å². The van der Waals surface area contributed by atoms with Crippen molar-refractivity contribution in [2.45, 2.75) is 19.4 Å². The fourth-order valence-corrected chi connectivity index (χ4v) is 2.32. The fraction of sp³-hybridized carbons (Fsp3) is 0.167. The zero-order chi connectivity index (χ0) is 17.6. The Balaban J connectivity index is 1.61. The number of aliphatic hydroxyl groups is 1. The molecule has 0 saturated carbocycles. The van der Waals surface area contributed by atoms with Crippen LogP contribution in [0, 0.1) is 5.82 Å². The van der Waals surface area contributed by atoms with Crippen LogP contribution in [0.1, 0.15) is 17.9 Å². The highest BCUT2D eigenvalue weighted by Crippen LogP contribution is 2.23. The van der Waals surface area contributed by atoms with E-state index in [4.69, 9.17) is 4.42 Å². The predicted molar refractivity (Wildman–Crippen MR) is 89.0 cm³/mol. The number of carbonyl (C=O) groups excluding carboxylic acids is 1.